The van der Waals surface area contributed by atoms with Crippen molar-refractivity contribution < 1.29 is 4.79 Å². The minimum Gasteiger partial charge on any atom is -0.355 e. The summed E-state index contributed by atoms with van der Waals surface area (Å²) < 4.78 is 0. The molecule has 1 aliphatic heterocycles. The number of carbonyl (C=O) groups is 1. The van der Waals surface area contributed by atoms with Gasteiger partial charge in [0.25, 0.3) is 0 Å². The standard InChI is InChI=1S/C15H26N2O/c1-14(2)10-6-7-15(14,3)12(8-10)17-11-4-5-13(18)16-9-11/h10-12,17H,4-9H2,1-3H3,(H,16,18). The predicted octanol–water partition coefficient (Wildman–Crippen LogP) is 2.07. The Morgan fingerprint density at radius 2 is 2.06 bits per heavy atom. The van der Waals surface area contributed by atoms with Gasteiger partial charge in [0.15, 0.2) is 0 Å². The molecule has 0 aromatic heterocycles. The Labute approximate surface area is 110 Å². The number of carbonyl (C=O) groups excluding carboxylic acids is 1. The van der Waals surface area contributed by atoms with Crippen LogP contribution in [0.2, 0.25) is 0 Å². The van der Waals surface area contributed by atoms with Crippen molar-refractivity contribution in [3.63, 3.8) is 0 Å². The third kappa shape index (κ3) is 1.63. The molecule has 2 N–H and O–H groups in total. The first-order valence-corrected chi connectivity index (χ1v) is 7.46. The van der Waals surface area contributed by atoms with Gasteiger partial charge >= 0.3 is 0 Å². The van der Waals surface area contributed by atoms with Crippen molar-refractivity contribution in [2.24, 2.45) is 16.7 Å². The Kier molecular flexibility index (Phi) is 2.74. The van der Waals surface area contributed by atoms with E-state index in [0.717, 1.165) is 18.9 Å². The van der Waals surface area contributed by atoms with Gasteiger partial charge in [0, 0.05) is 25.0 Å². The van der Waals surface area contributed by atoms with Gasteiger partial charge in [0.1, 0.15) is 0 Å². The maximum absolute atomic E-state index is 11.2. The molecular weight excluding hydrogens is 224 g/mol. The average Bonchev–Trinajstić information content (AvgIpc) is 2.65. The van der Waals surface area contributed by atoms with Crippen LogP contribution >= 0.6 is 0 Å². The van der Waals surface area contributed by atoms with Gasteiger partial charge in [-0.25, -0.2) is 0 Å². The zero-order chi connectivity index (χ0) is 13.0. The first kappa shape index (κ1) is 12.5. The van der Waals surface area contributed by atoms with Gasteiger partial charge in [-0.1, -0.05) is 20.8 Å². The summed E-state index contributed by atoms with van der Waals surface area (Å²) in [7, 11) is 0. The molecular formula is C15H26N2O. The third-order valence-electron chi connectivity index (χ3n) is 6.50. The smallest absolute Gasteiger partial charge is 0.220 e. The largest absolute Gasteiger partial charge is 0.355 e. The summed E-state index contributed by atoms with van der Waals surface area (Å²) in [6.07, 6.45) is 5.79. The second kappa shape index (κ2) is 3.96. The molecule has 3 fully saturated rings. The van der Waals surface area contributed by atoms with E-state index in [2.05, 4.69) is 31.4 Å². The quantitative estimate of drug-likeness (QED) is 0.788. The molecule has 3 aliphatic rings. The van der Waals surface area contributed by atoms with Crippen LogP contribution in [0.3, 0.4) is 0 Å². The van der Waals surface area contributed by atoms with E-state index < -0.39 is 0 Å². The van der Waals surface area contributed by atoms with E-state index in [9.17, 15) is 4.79 Å². The Balaban J connectivity index is 1.67. The first-order chi connectivity index (χ1) is 8.43. The fourth-order valence-electron chi connectivity index (χ4n) is 4.62. The molecule has 0 aromatic rings. The molecule has 0 radical (unpaired) electrons. The van der Waals surface area contributed by atoms with Crippen molar-refractivity contribution in [3.8, 4) is 0 Å². The zero-order valence-corrected chi connectivity index (χ0v) is 11.9. The Morgan fingerprint density at radius 3 is 2.56 bits per heavy atom. The molecule has 4 unspecified atom stereocenters. The number of rotatable bonds is 2. The van der Waals surface area contributed by atoms with Crippen LogP contribution in [0.25, 0.3) is 0 Å². The van der Waals surface area contributed by atoms with Crippen molar-refractivity contribution in [3.05, 3.63) is 0 Å². The highest BCUT2D eigenvalue weighted by Crippen LogP contribution is 2.65. The summed E-state index contributed by atoms with van der Waals surface area (Å²) in [5.74, 6) is 1.10. The fourth-order valence-corrected chi connectivity index (χ4v) is 4.62. The summed E-state index contributed by atoms with van der Waals surface area (Å²) in [5.41, 5.74) is 0.918. The minimum atomic E-state index is 0.215. The Bertz CT molecular complexity index is 356. The topological polar surface area (TPSA) is 41.1 Å². The number of fused-ring (bicyclic) bond motifs is 2. The Morgan fingerprint density at radius 1 is 1.28 bits per heavy atom. The summed E-state index contributed by atoms with van der Waals surface area (Å²) in [6.45, 7) is 8.19. The van der Waals surface area contributed by atoms with Gasteiger partial charge in [-0.2, -0.15) is 0 Å². The van der Waals surface area contributed by atoms with E-state index in [1.54, 1.807) is 0 Å². The Hall–Kier alpha value is -0.570. The lowest BCUT2D eigenvalue weighted by Gasteiger charge is -2.41. The minimum absolute atomic E-state index is 0.215. The van der Waals surface area contributed by atoms with Crippen molar-refractivity contribution in [2.45, 2.75) is 65.0 Å². The van der Waals surface area contributed by atoms with Crippen LogP contribution in [0, 0.1) is 16.7 Å². The molecule has 4 atom stereocenters. The van der Waals surface area contributed by atoms with Gasteiger partial charge in [-0.3, -0.25) is 4.79 Å². The highest BCUT2D eigenvalue weighted by atomic mass is 16.1. The SMILES string of the molecule is CC1(C)C2CCC1(C)C(NC1CCC(=O)NC1)C2. The van der Waals surface area contributed by atoms with E-state index in [0.29, 0.717) is 29.3 Å². The molecule has 3 nitrogen and oxygen atoms in total. The normalized spacial score (nSPS) is 46.2. The molecule has 1 heterocycles. The number of piperidine rings is 1. The molecule has 2 aliphatic carbocycles. The van der Waals surface area contributed by atoms with Crippen molar-refractivity contribution in [1.29, 1.82) is 0 Å². The molecule has 0 aromatic carbocycles. The molecule has 1 saturated heterocycles. The third-order valence-corrected chi connectivity index (χ3v) is 6.50. The number of amides is 1. The summed E-state index contributed by atoms with van der Waals surface area (Å²) >= 11 is 0. The second-order valence-electron chi connectivity index (χ2n) is 7.37. The van der Waals surface area contributed by atoms with Crippen LogP contribution in [0.5, 0.6) is 0 Å². The maximum atomic E-state index is 11.2. The van der Waals surface area contributed by atoms with Crippen LogP contribution in [0.4, 0.5) is 0 Å². The molecule has 2 bridgehead atoms. The lowest BCUT2D eigenvalue weighted by Crippen LogP contribution is -2.53. The first-order valence-electron chi connectivity index (χ1n) is 7.46. The van der Waals surface area contributed by atoms with Crippen molar-refractivity contribution >= 4 is 5.91 Å². The van der Waals surface area contributed by atoms with Gasteiger partial charge in [0.2, 0.25) is 5.91 Å². The second-order valence-corrected chi connectivity index (χ2v) is 7.37. The highest BCUT2D eigenvalue weighted by molar-refractivity contribution is 5.76. The molecule has 1 amide bonds. The van der Waals surface area contributed by atoms with E-state index >= 15 is 0 Å². The highest BCUT2D eigenvalue weighted by Gasteiger charge is 2.61. The molecule has 3 heteroatoms. The predicted molar refractivity (Wildman–Crippen MR) is 72.2 cm³/mol. The van der Waals surface area contributed by atoms with Crippen LogP contribution < -0.4 is 10.6 Å². The monoisotopic (exact) mass is 250 g/mol. The average molecular weight is 250 g/mol. The number of hydrogen-bond acceptors (Lipinski definition) is 2. The fraction of sp³-hybridized carbons (Fsp3) is 0.933. The van der Waals surface area contributed by atoms with E-state index in [-0.39, 0.29) is 5.91 Å². The lowest BCUT2D eigenvalue weighted by atomic mass is 9.69. The zero-order valence-electron chi connectivity index (χ0n) is 11.9. The van der Waals surface area contributed by atoms with Crippen LogP contribution in [0.1, 0.15) is 52.9 Å². The van der Waals surface area contributed by atoms with E-state index in [1.807, 2.05) is 0 Å². The van der Waals surface area contributed by atoms with E-state index in [4.69, 9.17) is 0 Å². The van der Waals surface area contributed by atoms with Crippen LogP contribution in [0.15, 0.2) is 0 Å². The van der Waals surface area contributed by atoms with Gasteiger partial charge in [-0.05, 0) is 42.4 Å². The van der Waals surface area contributed by atoms with Gasteiger partial charge in [0.05, 0.1) is 0 Å². The maximum Gasteiger partial charge on any atom is 0.220 e. The van der Waals surface area contributed by atoms with Gasteiger partial charge in [-0.15, -0.1) is 0 Å². The van der Waals surface area contributed by atoms with Crippen molar-refractivity contribution in [1.82, 2.24) is 10.6 Å². The number of hydrogen-bond donors (Lipinski definition) is 2. The summed E-state index contributed by atoms with van der Waals surface area (Å²) in [5, 5.41) is 6.83. The summed E-state index contributed by atoms with van der Waals surface area (Å²) in [4.78, 5) is 11.2. The van der Waals surface area contributed by atoms with Gasteiger partial charge < -0.3 is 10.6 Å². The molecule has 102 valence electrons. The summed E-state index contributed by atoms with van der Waals surface area (Å²) in [6, 6.07) is 1.13. The number of nitrogens with one attached hydrogen (secondary N) is 2. The molecule has 18 heavy (non-hydrogen) atoms. The van der Waals surface area contributed by atoms with E-state index in [1.165, 1.54) is 19.3 Å². The van der Waals surface area contributed by atoms with Crippen LogP contribution in [-0.4, -0.2) is 24.5 Å². The molecule has 0 spiro atoms. The molecule has 3 rings (SSSR count). The van der Waals surface area contributed by atoms with Crippen LogP contribution in [-0.2, 0) is 4.79 Å². The molecule has 2 saturated carbocycles. The lowest BCUT2D eigenvalue weighted by molar-refractivity contribution is -0.122. The van der Waals surface area contributed by atoms with Crippen molar-refractivity contribution in [2.75, 3.05) is 6.54 Å².